The SMILES string of the molecule is Cc1cc(C)n(CCN(C)c2cc(C3CCOC3)ncn2)n1. The topological polar surface area (TPSA) is 56.1 Å². The zero-order valence-electron chi connectivity index (χ0n) is 13.5. The highest BCUT2D eigenvalue weighted by atomic mass is 16.5. The van der Waals surface area contributed by atoms with Gasteiger partial charge in [0.05, 0.1) is 24.5 Å². The number of nitrogens with zero attached hydrogens (tertiary/aromatic N) is 5. The molecule has 0 radical (unpaired) electrons. The highest BCUT2D eigenvalue weighted by Crippen LogP contribution is 2.25. The van der Waals surface area contributed by atoms with Crippen LogP contribution < -0.4 is 4.90 Å². The van der Waals surface area contributed by atoms with E-state index in [1.54, 1.807) is 6.33 Å². The van der Waals surface area contributed by atoms with Gasteiger partial charge in [-0.2, -0.15) is 5.10 Å². The number of ether oxygens (including phenoxy) is 1. The standard InChI is InChI=1S/C16H23N5O/c1-12-8-13(2)21(19-12)6-5-20(3)16-9-15(17-11-18-16)14-4-7-22-10-14/h8-9,11,14H,4-7,10H2,1-3H3. The molecule has 6 heteroatoms. The Morgan fingerprint density at radius 3 is 2.86 bits per heavy atom. The van der Waals surface area contributed by atoms with Gasteiger partial charge in [-0.3, -0.25) is 4.68 Å². The molecule has 118 valence electrons. The molecule has 0 saturated carbocycles. The monoisotopic (exact) mass is 301 g/mol. The van der Waals surface area contributed by atoms with Gasteiger partial charge in [0.1, 0.15) is 12.1 Å². The lowest BCUT2D eigenvalue weighted by molar-refractivity contribution is 0.193. The van der Waals surface area contributed by atoms with Gasteiger partial charge in [0.15, 0.2) is 0 Å². The number of rotatable bonds is 5. The van der Waals surface area contributed by atoms with E-state index < -0.39 is 0 Å². The van der Waals surface area contributed by atoms with Crippen LogP contribution in [0, 0.1) is 13.8 Å². The van der Waals surface area contributed by atoms with E-state index in [0.29, 0.717) is 5.92 Å². The van der Waals surface area contributed by atoms with Crippen molar-refractivity contribution in [2.75, 3.05) is 31.7 Å². The molecule has 1 aliphatic heterocycles. The van der Waals surface area contributed by atoms with Crippen LogP contribution in [0.25, 0.3) is 0 Å². The van der Waals surface area contributed by atoms with Crippen molar-refractivity contribution in [1.29, 1.82) is 0 Å². The van der Waals surface area contributed by atoms with Crippen LogP contribution in [0.4, 0.5) is 5.82 Å². The first-order chi connectivity index (χ1) is 10.6. The van der Waals surface area contributed by atoms with Crippen molar-refractivity contribution in [2.45, 2.75) is 32.7 Å². The van der Waals surface area contributed by atoms with Crippen molar-refractivity contribution in [3.8, 4) is 0 Å². The Kier molecular flexibility index (Phi) is 4.38. The second kappa shape index (κ2) is 6.44. The van der Waals surface area contributed by atoms with Crippen molar-refractivity contribution in [2.24, 2.45) is 0 Å². The Labute approximate surface area is 131 Å². The zero-order valence-corrected chi connectivity index (χ0v) is 13.5. The summed E-state index contributed by atoms with van der Waals surface area (Å²) in [6, 6.07) is 4.18. The van der Waals surface area contributed by atoms with E-state index in [1.165, 1.54) is 5.69 Å². The molecule has 2 aromatic heterocycles. The molecule has 22 heavy (non-hydrogen) atoms. The molecule has 1 atom stereocenters. The Morgan fingerprint density at radius 1 is 1.32 bits per heavy atom. The largest absolute Gasteiger partial charge is 0.381 e. The average molecular weight is 301 g/mol. The Balaban J connectivity index is 1.65. The highest BCUT2D eigenvalue weighted by molar-refractivity contribution is 5.38. The molecular formula is C16H23N5O. The lowest BCUT2D eigenvalue weighted by atomic mass is 10.0. The predicted molar refractivity (Wildman–Crippen MR) is 85.2 cm³/mol. The van der Waals surface area contributed by atoms with Crippen molar-refractivity contribution < 1.29 is 4.74 Å². The van der Waals surface area contributed by atoms with Gasteiger partial charge < -0.3 is 9.64 Å². The Morgan fingerprint density at radius 2 is 2.18 bits per heavy atom. The van der Waals surface area contributed by atoms with Crippen molar-refractivity contribution in [1.82, 2.24) is 19.7 Å². The van der Waals surface area contributed by atoms with E-state index in [1.807, 2.05) is 11.6 Å². The molecule has 0 bridgehead atoms. The first-order valence-corrected chi connectivity index (χ1v) is 7.75. The molecule has 1 saturated heterocycles. The summed E-state index contributed by atoms with van der Waals surface area (Å²) in [6.07, 6.45) is 2.70. The third-order valence-corrected chi connectivity index (χ3v) is 4.16. The van der Waals surface area contributed by atoms with Crippen LogP contribution in [0.5, 0.6) is 0 Å². The summed E-state index contributed by atoms with van der Waals surface area (Å²) in [4.78, 5) is 10.9. The molecule has 1 unspecified atom stereocenters. The Bertz CT molecular complexity index is 633. The van der Waals surface area contributed by atoms with Gasteiger partial charge in [0.2, 0.25) is 0 Å². The minimum Gasteiger partial charge on any atom is -0.381 e. The fourth-order valence-corrected chi connectivity index (χ4v) is 2.82. The van der Waals surface area contributed by atoms with Crippen molar-refractivity contribution in [3.05, 3.63) is 35.5 Å². The van der Waals surface area contributed by atoms with Crippen LogP contribution in [-0.4, -0.2) is 46.6 Å². The van der Waals surface area contributed by atoms with Gasteiger partial charge in [0, 0.05) is 37.9 Å². The fraction of sp³-hybridized carbons (Fsp3) is 0.562. The number of aryl methyl sites for hydroxylation is 2. The van der Waals surface area contributed by atoms with Gasteiger partial charge in [-0.1, -0.05) is 0 Å². The number of aromatic nitrogens is 4. The fourth-order valence-electron chi connectivity index (χ4n) is 2.82. The molecule has 3 rings (SSSR count). The first-order valence-electron chi connectivity index (χ1n) is 7.75. The predicted octanol–water partition coefficient (Wildman–Crippen LogP) is 1.93. The van der Waals surface area contributed by atoms with Crippen molar-refractivity contribution >= 4 is 5.82 Å². The number of anilines is 1. The maximum absolute atomic E-state index is 5.45. The number of hydrogen-bond donors (Lipinski definition) is 0. The molecule has 0 spiro atoms. The van der Waals surface area contributed by atoms with Crippen molar-refractivity contribution in [3.63, 3.8) is 0 Å². The zero-order chi connectivity index (χ0) is 15.5. The van der Waals surface area contributed by atoms with E-state index in [0.717, 1.165) is 49.9 Å². The molecule has 0 N–H and O–H groups in total. The molecule has 1 fully saturated rings. The molecule has 1 aliphatic rings. The maximum Gasteiger partial charge on any atom is 0.131 e. The van der Waals surface area contributed by atoms with Gasteiger partial charge in [-0.25, -0.2) is 9.97 Å². The molecular weight excluding hydrogens is 278 g/mol. The van der Waals surface area contributed by atoms with E-state index in [4.69, 9.17) is 4.74 Å². The lowest BCUT2D eigenvalue weighted by Crippen LogP contribution is -2.24. The third kappa shape index (κ3) is 3.27. The minimum atomic E-state index is 0.408. The second-order valence-electron chi connectivity index (χ2n) is 5.93. The van der Waals surface area contributed by atoms with Gasteiger partial charge in [-0.15, -0.1) is 0 Å². The Hall–Kier alpha value is -1.95. The summed E-state index contributed by atoms with van der Waals surface area (Å²) >= 11 is 0. The maximum atomic E-state index is 5.45. The minimum absolute atomic E-state index is 0.408. The summed E-state index contributed by atoms with van der Waals surface area (Å²) in [6.45, 7) is 7.42. The van der Waals surface area contributed by atoms with Gasteiger partial charge in [0.25, 0.3) is 0 Å². The lowest BCUT2D eigenvalue weighted by Gasteiger charge is -2.19. The smallest absolute Gasteiger partial charge is 0.131 e. The summed E-state index contributed by atoms with van der Waals surface area (Å²) in [7, 11) is 2.06. The highest BCUT2D eigenvalue weighted by Gasteiger charge is 2.20. The summed E-state index contributed by atoms with van der Waals surface area (Å²) in [5.41, 5.74) is 3.34. The van der Waals surface area contributed by atoms with Crippen LogP contribution in [0.2, 0.25) is 0 Å². The quantitative estimate of drug-likeness (QED) is 0.844. The van der Waals surface area contributed by atoms with Gasteiger partial charge >= 0.3 is 0 Å². The van der Waals surface area contributed by atoms with Crippen LogP contribution in [0.3, 0.4) is 0 Å². The molecule has 0 aromatic carbocycles. The third-order valence-electron chi connectivity index (χ3n) is 4.16. The van der Waals surface area contributed by atoms with E-state index >= 15 is 0 Å². The molecule has 2 aromatic rings. The first kappa shape index (κ1) is 15.0. The van der Waals surface area contributed by atoms with Crippen LogP contribution in [0.1, 0.15) is 29.4 Å². The van der Waals surface area contributed by atoms with Crippen LogP contribution in [0.15, 0.2) is 18.5 Å². The van der Waals surface area contributed by atoms with E-state index in [9.17, 15) is 0 Å². The van der Waals surface area contributed by atoms with E-state index in [2.05, 4.69) is 46.1 Å². The van der Waals surface area contributed by atoms with Gasteiger partial charge in [-0.05, 0) is 26.3 Å². The normalized spacial score (nSPS) is 17.9. The molecule has 6 nitrogen and oxygen atoms in total. The summed E-state index contributed by atoms with van der Waals surface area (Å²) in [5.74, 6) is 1.37. The second-order valence-corrected chi connectivity index (χ2v) is 5.93. The summed E-state index contributed by atoms with van der Waals surface area (Å²) < 4.78 is 7.49. The molecule has 3 heterocycles. The molecule has 0 aliphatic carbocycles. The average Bonchev–Trinajstić information content (AvgIpc) is 3.15. The number of hydrogen-bond acceptors (Lipinski definition) is 5. The van der Waals surface area contributed by atoms with Crippen LogP contribution in [-0.2, 0) is 11.3 Å². The summed E-state index contributed by atoms with van der Waals surface area (Å²) in [5, 5.41) is 4.50. The van der Waals surface area contributed by atoms with Crippen LogP contribution >= 0.6 is 0 Å². The molecule has 0 amide bonds. The number of likely N-dealkylation sites (N-methyl/N-ethyl adjacent to an activating group) is 1. The van der Waals surface area contributed by atoms with E-state index in [-0.39, 0.29) is 0 Å².